The Morgan fingerprint density at radius 3 is 2.63 bits per heavy atom. The van der Waals surface area contributed by atoms with Crippen molar-refractivity contribution in [2.45, 2.75) is 25.3 Å². The fourth-order valence-corrected chi connectivity index (χ4v) is 5.58. The number of ether oxygens (including phenoxy) is 1. The van der Waals surface area contributed by atoms with E-state index < -0.39 is 17.0 Å². The van der Waals surface area contributed by atoms with Crippen LogP contribution in [0, 0.1) is 17.0 Å². The second-order valence-electron chi connectivity index (χ2n) is 10.5. The average Bonchev–Trinajstić information content (AvgIpc) is 3.46. The standard InChI is InChI=1S/C30H28F2N4O2/c1-36(2)16-22-24(31)10-17(11-25(22)32)4-8-27-21-7-5-18(13-28(21)35-34-27)23-15-30(23)14-19-12-20(38-3)6-9-26(19)33-29(30)37/h4-13,23H,14-16H2,1-3H3,(H,33,37)(H,34,35)/b8-4+/t23-,30+/m0/s1. The fourth-order valence-electron chi connectivity index (χ4n) is 5.58. The number of fused-ring (bicyclic) bond motifs is 2. The number of nitrogens with one attached hydrogen (secondary N) is 2. The van der Waals surface area contributed by atoms with Gasteiger partial charge >= 0.3 is 0 Å². The number of methoxy groups -OCH3 is 1. The predicted molar refractivity (Wildman–Crippen MR) is 144 cm³/mol. The largest absolute Gasteiger partial charge is 0.497 e. The minimum absolute atomic E-state index is 0.0528. The highest BCUT2D eigenvalue weighted by Crippen LogP contribution is 2.63. The highest BCUT2D eigenvalue weighted by molar-refractivity contribution is 6.02. The van der Waals surface area contributed by atoms with E-state index in [-0.39, 0.29) is 23.9 Å². The number of hydrogen-bond donors (Lipinski definition) is 2. The number of halogens is 2. The van der Waals surface area contributed by atoms with Gasteiger partial charge in [0.25, 0.3) is 0 Å². The number of benzene rings is 3. The number of amides is 1. The van der Waals surface area contributed by atoms with Gasteiger partial charge in [-0.2, -0.15) is 5.10 Å². The van der Waals surface area contributed by atoms with Crippen molar-refractivity contribution in [1.82, 2.24) is 15.1 Å². The van der Waals surface area contributed by atoms with Crippen LogP contribution in [0.2, 0.25) is 0 Å². The Bertz CT molecular complexity index is 1590. The first-order valence-corrected chi connectivity index (χ1v) is 12.5. The zero-order valence-electron chi connectivity index (χ0n) is 21.4. The van der Waals surface area contributed by atoms with E-state index in [9.17, 15) is 13.6 Å². The van der Waals surface area contributed by atoms with E-state index in [1.165, 1.54) is 12.1 Å². The minimum atomic E-state index is -0.568. The van der Waals surface area contributed by atoms with Gasteiger partial charge in [-0.05, 0) is 92.0 Å². The molecule has 6 nitrogen and oxygen atoms in total. The number of carbonyl (C=O) groups is 1. The van der Waals surface area contributed by atoms with Crippen LogP contribution in [0.15, 0.2) is 48.5 Å². The van der Waals surface area contributed by atoms with E-state index in [4.69, 9.17) is 4.74 Å². The maximum Gasteiger partial charge on any atom is 0.231 e. The van der Waals surface area contributed by atoms with Crippen molar-refractivity contribution in [3.63, 3.8) is 0 Å². The van der Waals surface area contributed by atoms with E-state index in [0.717, 1.165) is 39.9 Å². The van der Waals surface area contributed by atoms with Gasteiger partial charge in [-0.3, -0.25) is 9.89 Å². The molecule has 3 aromatic carbocycles. The van der Waals surface area contributed by atoms with Crippen molar-refractivity contribution >= 4 is 34.6 Å². The summed E-state index contributed by atoms with van der Waals surface area (Å²) in [6, 6.07) is 14.5. The molecule has 2 heterocycles. The number of nitrogens with zero attached hydrogens (tertiary/aromatic N) is 2. The second-order valence-corrected chi connectivity index (χ2v) is 10.5. The molecule has 0 bridgehead atoms. The predicted octanol–water partition coefficient (Wildman–Crippen LogP) is 5.75. The first kappa shape index (κ1) is 24.3. The van der Waals surface area contributed by atoms with E-state index >= 15 is 0 Å². The summed E-state index contributed by atoms with van der Waals surface area (Å²) in [7, 11) is 5.18. The van der Waals surface area contributed by atoms with E-state index in [2.05, 4.69) is 15.5 Å². The molecule has 0 saturated heterocycles. The maximum absolute atomic E-state index is 14.5. The summed E-state index contributed by atoms with van der Waals surface area (Å²) in [5, 5.41) is 11.4. The average molecular weight is 515 g/mol. The number of rotatable bonds is 6. The van der Waals surface area contributed by atoms with Crippen LogP contribution in [-0.2, 0) is 17.8 Å². The van der Waals surface area contributed by atoms with Crippen LogP contribution in [0.25, 0.3) is 23.1 Å². The molecule has 1 amide bonds. The first-order valence-electron chi connectivity index (χ1n) is 12.5. The van der Waals surface area contributed by atoms with Gasteiger partial charge in [-0.15, -0.1) is 0 Å². The summed E-state index contributed by atoms with van der Waals surface area (Å²) in [5.41, 5.74) is 4.56. The van der Waals surface area contributed by atoms with Crippen LogP contribution in [0.5, 0.6) is 5.75 Å². The van der Waals surface area contributed by atoms with Crippen molar-refractivity contribution in [1.29, 1.82) is 0 Å². The second kappa shape index (κ2) is 9.06. The quantitative estimate of drug-likeness (QED) is 0.344. The molecule has 0 unspecified atom stereocenters. The van der Waals surface area contributed by atoms with E-state index in [1.54, 1.807) is 38.3 Å². The highest BCUT2D eigenvalue weighted by atomic mass is 19.1. The number of aromatic amines is 1. The lowest BCUT2D eigenvalue weighted by Crippen LogP contribution is -2.32. The van der Waals surface area contributed by atoms with Crippen LogP contribution in [0.3, 0.4) is 0 Å². The molecular weight excluding hydrogens is 486 g/mol. The highest BCUT2D eigenvalue weighted by Gasteiger charge is 2.61. The lowest BCUT2D eigenvalue weighted by Gasteiger charge is -2.26. The van der Waals surface area contributed by atoms with Gasteiger partial charge in [-0.1, -0.05) is 18.2 Å². The molecule has 2 atom stereocenters. The van der Waals surface area contributed by atoms with Crippen LogP contribution in [-0.4, -0.2) is 42.2 Å². The molecule has 1 saturated carbocycles. The fraction of sp³-hybridized carbons (Fsp3) is 0.267. The first-order chi connectivity index (χ1) is 18.3. The van der Waals surface area contributed by atoms with Crippen LogP contribution >= 0.6 is 0 Å². The summed E-state index contributed by atoms with van der Waals surface area (Å²) in [5.74, 6) is -0.187. The summed E-state index contributed by atoms with van der Waals surface area (Å²) in [4.78, 5) is 14.8. The Labute approximate surface area is 219 Å². The summed E-state index contributed by atoms with van der Waals surface area (Å²) < 4.78 is 34.3. The van der Waals surface area contributed by atoms with Crippen molar-refractivity contribution in [3.05, 3.63) is 88.1 Å². The lowest BCUT2D eigenvalue weighted by molar-refractivity contribution is -0.121. The summed E-state index contributed by atoms with van der Waals surface area (Å²) in [6.07, 6.45) is 4.85. The Hall–Kier alpha value is -4.04. The smallest absolute Gasteiger partial charge is 0.231 e. The molecule has 194 valence electrons. The van der Waals surface area contributed by atoms with Crippen LogP contribution in [0.1, 0.15) is 40.3 Å². The van der Waals surface area contributed by atoms with Crippen LogP contribution < -0.4 is 10.1 Å². The topological polar surface area (TPSA) is 70.2 Å². The number of hydrogen-bond acceptors (Lipinski definition) is 4. The molecule has 38 heavy (non-hydrogen) atoms. The molecule has 1 spiro atoms. The van der Waals surface area contributed by atoms with Gasteiger partial charge in [0.1, 0.15) is 17.4 Å². The lowest BCUT2D eigenvalue weighted by atomic mass is 9.86. The van der Waals surface area contributed by atoms with Gasteiger partial charge in [-0.25, -0.2) is 8.78 Å². The third-order valence-corrected chi connectivity index (χ3v) is 7.68. The number of carbonyl (C=O) groups excluding carboxylic acids is 1. The molecule has 6 rings (SSSR count). The molecule has 1 aromatic heterocycles. The van der Waals surface area contributed by atoms with Crippen molar-refractivity contribution in [2.75, 3.05) is 26.5 Å². The summed E-state index contributed by atoms with van der Waals surface area (Å²) >= 11 is 0. The van der Waals surface area contributed by atoms with Gasteiger partial charge in [0.2, 0.25) is 5.91 Å². The van der Waals surface area contributed by atoms with Gasteiger partial charge in [0, 0.05) is 23.2 Å². The molecular formula is C30H28F2N4O2. The zero-order valence-corrected chi connectivity index (χ0v) is 21.4. The van der Waals surface area contributed by atoms with Crippen LogP contribution in [0.4, 0.5) is 14.5 Å². The minimum Gasteiger partial charge on any atom is -0.497 e. The van der Waals surface area contributed by atoms with Crippen molar-refractivity contribution < 1.29 is 18.3 Å². The maximum atomic E-state index is 14.5. The molecule has 1 aliphatic carbocycles. The molecule has 2 N–H and O–H groups in total. The molecule has 0 radical (unpaired) electrons. The van der Waals surface area contributed by atoms with Gasteiger partial charge < -0.3 is 15.0 Å². The number of anilines is 1. The molecule has 1 fully saturated rings. The number of aromatic nitrogens is 2. The molecule has 4 aromatic rings. The van der Waals surface area contributed by atoms with E-state index in [1.807, 2.05) is 36.4 Å². The summed E-state index contributed by atoms with van der Waals surface area (Å²) in [6.45, 7) is 0.193. The number of H-pyrrole nitrogens is 1. The zero-order chi connectivity index (χ0) is 26.6. The Balaban J connectivity index is 1.23. The van der Waals surface area contributed by atoms with E-state index in [0.29, 0.717) is 17.7 Å². The van der Waals surface area contributed by atoms with Gasteiger partial charge in [0.15, 0.2) is 0 Å². The third-order valence-electron chi connectivity index (χ3n) is 7.68. The Morgan fingerprint density at radius 2 is 1.89 bits per heavy atom. The van der Waals surface area contributed by atoms with Gasteiger partial charge in [0.05, 0.1) is 23.7 Å². The monoisotopic (exact) mass is 514 g/mol. The Morgan fingerprint density at radius 1 is 1.11 bits per heavy atom. The molecule has 2 aliphatic rings. The SMILES string of the molecule is COc1ccc2c(c1)C[C@]1(C[C@H]1c1ccc3c(/C=C/c4cc(F)c(CN(C)C)c(F)c4)n[nH]c3c1)C(=O)N2. The molecule has 1 aliphatic heterocycles. The van der Waals surface area contributed by atoms with Crippen molar-refractivity contribution in [2.24, 2.45) is 5.41 Å². The normalized spacial score (nSPS) is 20.4. The Kier molecular flexibility index (Phi) is 5.79. The van der Waals surface area contributed by atoms with Crippen molar-refractivity contribution in [3.8, 4) is 5.75 Å². The third kappa shape index (κ3) is 4.15. The molecule has 8 heteroatoms.